The molecule has 0 radical (unpaired) electrons. The lowest BCUT2D eigenvalue weighted by molar-refractivity contribution is 0.0616. The van der Waals surface area contributed by atoms with Crippen LogP contribution in [0.2, 0.25) is 4.34 Å². The summed E-state index contributed by atoms with van der Waals surface area (Å²) in [5.41, 5.74) is 0. The Morgan fingerprint density at radius 3 is 3.00 bits per heavy atom. The fourth-order valence-electron chi connectivity index (χ4n) is 2.40. The van der Waals surface area contributed by atoms with E-state index in [9.17, 15) is 4.79 Å². The summed E-state index contributed by atoms with van der Waals surface area (Å²) in [6.07, 6.45) is 5.02. The molecule has 1 amide bonds. The van der Waals surface area contributed by atoms with Crippen molar-refractivity contribution < 1.29 is 4.79 Å². The minimum absolute atomic E-state index is 0.0804. The van der Waals surface area contributed by atoms with Gasteiger partial charge in [-0.2, -0.15) is 0 Å². The lowest BCUT2D eigenvalue weighted by Gasteiger charge is -2.34. The fourth-order valence-corrected chi connectivity index (χ4v) is 4.19. The van der Waals surface area contributed by atoms with Crippen LogP contribution in [0.15, 0.2) is 23.7 Å². The molecular weight excluding hydrogens is 300 g/mol. The molecule has 1 saturated heterocycles. The van der Waals surface area contributed by atoms with Crippen molar-refractivity contribution in [1.29, 1.82) is 0 Å². The SMILES string of the molecule is O=C(c1ccc(Cl)s1)N1CCCC[C@@H]1c1nccs1. The second-order valence-electron chi connectivity index (χ2n) is 4.48. The normalized spacial score (nSPS) is 19.6. The molecule has 0 aromatic carbocycles. The molecule has 0 aliphatic carbocycles. The maximum Gasteiger partial charge on any atom is 0.264 e. The predicted molar refractivity (Wildman–Crippen MR) is 79.1 cm³/mol. The van der Waals surface area contributed by atoms with E-state index in [1.165, 1.54) is 11.3 Å². The average molecular weight is 313 g/mol. The third-order valence-corrected chi connectivity index (χ3v) is 5.38. The molecule has 0 N–H and O–H groups in total. The summed E-state index contributed by atoms with van der Waals surface area (Å²) in [4.78, 5) is 19.6. The summed E-state index contributed by atoms with van der Waals surface area (Å²) in [6, 6.07) is 3.71. The van der Waals surface area contributed by atoms with Crippen LogP contribution >= 0.6 is 34.3 Å². The van der Waals surface area contributed by atoms with E-state index in [0.29, 0.717) is 9.21 Å². The van der Waals surface area contributed by atoms with Gasteiger partial charge in [-0.3, -0.25) is 4.79 Å². The smallest absolute Gasteiger partial charge is 0.264 e. The number of amides is 1. The monoisotopic (exact) mass is 312 g/mol. The van der Waals surface area contributed by atoms with Gasteiger partial charge >= 0.3 is 0 Å². The number of thiazole rings is 1. The van der Waals surface area contributed by atoms with Crippen molar-refractivity contribution in [3.05, 3.63) is 37.9 Å². The van der Waals surface area contributed by atoms with Gasteiger partial charge in [-0.15, -0.1) is 22.7 Å². The minimum Gasteiger partial charge on any atom is -0.328 e. The van der Waals surface area contributed by atoms with Gasteiger partial charge in [0.2, 0.25) is 0 Å². The Hall–Kier alpha value is -0.910. The first-order valence-electron chi connectivity index (χ1n) is 6.21. The quantitative estimate of drug-likeness (QED) is 0.831. The maximum atomic E-state index is 12.6. The molecule has 3 nitrogen and oxygen atoms in total. The zero-order chi connectivity index (χ0) is 13.2. The topological polar surface area (TPSA) is 33.2 Å². The van der Waals surface area contributed by atoms with Gasteiger partial charge in [-0.25, -0.2) is 4.98 Å². The van der Waals surface area contributed by atoms with E-state index in [0.717, 1.165) is 30.8 Å². The molecule has 0 spiro atoms. The van der Waals surface area contributed by atoms with E-state index in [1.54, 1.807) is 23.6 Å². The molecule has 1 fully saturated rings. The Balaban J connectivity index is 1.86. The molecule has 0 unspecified atom stereocenters. The van der Waals surface area contributed by atoms with Crippen molar-refractivity contribution in [3.8, 4) is 0 Å². The van der Waals surface area contributed by atoms with Gasteiger partial charge in [0.25, 0.3) is 5.91 Å². The van der Waals surface area contributed by atoms with Gasteiger partial charge in [0.15, 0.2) is 0 Å². The van der Waals surface area contributed by atoms with Crippen LogP contribution in [0, 0.1) is 0 Å². The second kappa shape index (κ2) is 5.61. The highest BCUT2D eigenvalue weighted by atomic mass is 35.5. The summed E-state index contributed by atoms with van der Waals surface area (Å²) in [6.45, 7) is 0.804. The Morgan fingerprint density at radius 2 is 2.32 bits per heavy atom. The van der Waals surface area contributed by atoms with Crippen molar-refractivity contribution >= 4 is 40.2 Å². The highest BCUT2D eigenvalue weighted by Gasteiger charge is 2.30. The molecule has 2 aromatic rings. The van der Waals surface area contributed by atoms with Crippen LogP contribution in [0.3, 0.4) is 0 Å². The van der Waals surface area contributed by atoms with Gasteiger partial charge in [-0.05, 0) is 31.4 Å². The largest absolute Gasteiger partial charge is 0.328 e. The molecule has 3 rings (SSSR count). The number of halogens is 1. The summed E-state index contributed by atoms with van der Waals surface area (Å²) < 4.78 is 0.658. The molecule has 0 saturated carbocycles. The van der Waals surface area contributed by atoms with Gasteiger partial charge in [0.1, 0.15) is 5.01 Å². The highest BCUT2D eigenvalue weighted by Crippen LogP contribution is 2.34. The molecule has 1 aliphatic rings. The van der Waals surface area contributed by atoms with E-state index in [2.05, 4.69) is 4.98 Å². The number of hydrogen-bond acceptors (Lipinski definition) is 4. The zero-order valence-electron chi connectivity index (χ0n) is 10.2. The number of aromatic nitrogens is 1. The van der Waals surface area contributed by atoms with Crippen LogP contribution < -0.4 is 0 Å². The summed E-state index contributed by atoms with van der Waals surface area (Å²) in [7, 11) is 0. The van der Waals surface area contributed by atoms with E-state index in [4.69, 9.17) is 11.6 Å². The third-order valence-electron chi connectivity index (χ3n) is 3.28. The summed E-state index contributed by atoms with van der Waals surface area (Å²) in [5.74, 6) is 0.0804. The first-order valence-corrected chi connectivity index (χ1v) is 8.29. The minimum atomic E-state index is 0.0804. The first-order chi connectivity index (χ1) is 9.25. The number of hydrogen-bond donors (Lipinski definition) is 0. The van der Waals surface area contributed by atoms with Crippen LogP contribution in [0.5, 0.6) is 0 Å². The van der Waals surface area contributed by atoms with Crippen LogP contribution in [0.1, 0.15) is 40.0 Å². The molecule has 1 aliphatic heterocycles. The first kappa shape index (κ1) is 13.1. The Bertz CT molecular complexity index is 567. The molecule has 6 heteroatoms. The molecule has 19 heavy (non-hydrogen) atoms. The molecule has 3 heterocycles. The van der Waals surface area contributed by atoms with Crippen LogP contribution in [-0.4, -0.2) is 22.3 Å². The Kier molecular flexibility index (Phi) is 3.86. The average Bonchev–Trinajstić information content (AvgIpc) is 3.09. The van der Waals surface area contributed by atoms with Gasteiger partial charge in [0.05, 0.1) is 15.3 Å². The van der Waals surface area contributed by atoms with E-state index in [-0.39, 0.29) is 11.9 Å². The lowest BCUT2D eigenvalue weighted by atomic mass is 10.0. The molecule has 1 atom stereocenters. The van der Waals surface area contributed by atoms with Crippen molar-refractivity contribution in [2.75, 3.05) is 6.54 Å². The number of nitrogens with zero attached hydrogens (tertiary/aromatic N) is 2. The van der Waals surface area contributed by atoms with E-state index in [1.807, 2.05) is 16.3 Å². The number of piperidine rings is 1. The summed E-state index contributed by atoms with van der Waals surface area (Å²) >= 11 is 8.89. The number of carbonyl (C=O) groups excluding carboxylic acids is 1. The molecular formula is C13H13ClN2OS2. The molecule has 2 aromatic heterocycles. The Morgan fingerprint density at radius 1 is 1.42 bits per heavy atom. The molecule has 100 valence electrons. The third kappa shape index (κ3) is 2.68. The zero-order valence-corrected chi connectivity index (χ0v) is 12.6. The number of thiophene rings is 1. The Labute approximate surface area is 124 Å². The maximum absolute atomic E-state index is 12.6. The van der Waals surface area contributed by atoms with E-state index < -0.39 is 0 Å². The highest BCUT2D eigenvalue weighted by molar-refractivity contribution is 7.18. The van der Waals surface area contributed by atoms with Crippen molar-refractivity contribution in [1.82, 2.24) is 9.88 Å². The number of rotatable bonds is 2. The van der Waals surface area contributed by atoms with Crippen molar-refractivity contribution in [2.24, 2.45) is 0 Å². The summed E-state index contributed by atoms with van der Waals surface area (Å²) in [5, 5.41) is 3.00. The van der Waals surface area contributed by atoms with Gasteiger partial charge in [-0.1, -0.05) is 11.6 Å². The van der Waals surface area contributed by atoms with Crippen molar-refractivity contribution in [2.45, 2.75) is 25.3 Å². The second-order valence-corrected chi connectivity index (χ2v) is 7.13. The van der Waals surface area contributed by atoms with Crippen molar-refractivity contribution in [3.63, 3.8) is 0 Å². The van der Waals surface area contributed by atoms with Gasteiger partial charge in [0, 0.05) is 18.1 Å². The number of likely N-dealkylation sites (tertiary alicyclic amines) is 1. The fraction of sp³-hybridized carbons (Fsp3) is 0.385. The van der Waals surface area contributed by atoms with Gasteiger partial charge < -0.3 is 4.90 Å². The van der Waals surface area contributed by atoms with Crippen LogP contribution in [-0.2, 0) is 0 Å². The molecule has 0 bridgehead atoms. The standard InChI is InChI=1S/C13H13ClN2OS2/c14-11-5-4-10(19-11)13(17)16-7-2-1-3-9(16)12-15-6-8-18-12/h4-6,8-9H,1-3,7H2/t9-/m1/s1. The predicted octanol–water partition coefficient (Wildman–Crippen LogP) is 4.23. The number of carbonyl (C=O) groups is 1. The lowest BCUT2D eigenvalue weighted by Crippen LogP contribution is -2.38. The van der Waals surface area contributed by atoms with Crippen LogP contribution in [0.4, 0.5) is 0 Å². The van der Waals surface area contributed by atoms with Crippen LogP contribution in [0.25, 0.3) is 0 Å². The van der Waals surface area contributed by atoms with E-state index >= 15 is 0 Å².